The van der Waals surface area contributed by atoms with Gasteiger partial charge in [0.15, 0.2) is 0 Å². The van der Waals surface area contributed by atoms with Gasteiger partial charge in [0.2, 0.25) is 5.91 Å². The molecular formula is C20H25N3O2. The lowest BCUT2D eigenvalue weighted by Gasteiger charge is -2.33. The summed E-state index contributed by atoms with van der Waals surface area (Å²) in [6, 6.07) is 14.4. The van der Waals surface area contributed by atoms with Crippen molar-refractivity contribution in [2.24, 2.45) is 5.92 Å². The molecule has 1 N–H and O–H groups in total. The zero-order valence-electron chi connectivity index (χ0n) is 14.9. The fourth-order valence-corrected chi connectivity index (χ4v) is 3.39. The number of rotatable bonds is 3. The number of hydrogen-bond acceptors (Lipinski definition) is 2. The fourth-order valence-electron chi connectivity index (χ4n) is 3.39. The van der Waals surface area contributed by atoms with Gasteiger partial charge in [0.05, 0.1) is 0 Å². The molecule has 0 saturated carbocycles. The molecule has 5 nitrogen and oxygen atoms in total. The average molecular weight is 339 g/mol. The van der Waals surface area contributed by atoms with Gasteiger partial charge in [0.1, 0.15) is 0 Å². The van der Waals surface area contributed by atoms with Crippen LogP contribution in [0.2, 0.25) is 0 Å². The molecule has 0 radical (unpaired) electrons. The molecule has 1 heterocycles. The second-order valence-corrected chi connectivity index (χ2v) is 6.79. The van der Waals surface area contributed by atoms with Crippen LogP contribution in [-0.4, -0.2) is 48.9 Å². The van der Waals surface area contributed by atoms with Crippen LogP contribution < -0.4 is 5.32 Å². The molecule has 132 valence electrons. The van der Waals surface area contributed by atoms with Gasteiger partial charge in [-0.3, -0.25) is 4.79 Å². The largest absolute Gasteiger partial charge is 0.352 e. The minimum absolute atomic E-state index is 0.0128. The third-order valence-electron chi connectivity index (χ3n) is 4.85. The van der Waals surface area contributed by atoms with Crippen molar-refractivity contribution in [2.45, 2.75) is 19.4 Å². The average Bonchev–Trinajstić information content (AvgIpc) is 2.65. The SMILES string of the molecule is CN(C)C(=O)N1CCC(C(=O)NCc2cccc3ccccc23)CC1. The minimum Gasteiger partial charge on any atom is -0.352 e. The van der Waals surface area contributed by atoms with Crippen molar-refractivity contribution in [2.75, 3.05) is 27.2 Å². The lowest BCUT2D eigenvalue weighted by Crippen LogP contribution is -2.46. The minimum atomic E-state index is -0.0128. The molecule has 0 unspecified atom stereocenters. The summed E-state index contributed by atoms with van der Waals surface area (Å²) in [5, 5.41) is 5.44. The Bertz CT molecular complexity index is 759. The van der Waals surface area contributed by atoms with Gasteiger partial charge >= 0.3 is 6.03 Å². The van der Waals surface area contributed by atoms with Crippen molar-refractivity contribution in [3.63, 3.8) is 0 Å². The molecule has 2 aromatic carbocycles. The van der Waals surface area contributed by atoms with E-state index >= 15 is 0 Å². The highest BCUT2D eigenvalue weighted by atomic mass is 16.2. The van der Waals surface area contributed by atoms with Gasteiger partial charge in [-0.2, -0.15) is 0 Å². The molecule has 3 rings (SSSR count). The van der Waals surface area contributed by atoms with Crippen molar-refractivity contribution in [3.8, 4) is 0 Å². The van der Waals surface area contributed by atoms with Gasteiger partial charge in [-0.15, -0.1) is 0 Å². The smallest absolute Gasteiger partial charge is 0.319 e. The van der Waals surface area contributed by atoms with Crippen LogP contribution in [0.4, 0.5) is 4.79 Å². The van der Waals surface area contributed by atoms with E-state index in [0.717, 1.165) is 18.4 Å². The van der Waals surface area contributed by atoms with Gasteiger partial charge in [-0.1, -0.05) is 42.5 Å². The summed E-state index contributed by atoms with van der Waals surface area (Å²) >= 11 is 0. The van der Waals surface area contributed by atoms with E-state index in [0.29, 0.717) is 19.6 Å². The number of nitrogens with zero attached hydrogens (tertiary/aromatic N) is 2. The van der Waals surface area contributed by atoms with Crippen LogP contribution in [-0.2, 0) is 11.3 Å². The Morgan fingerprint density at radius 2 is 1.76 bits per heavy atom. The summed E-state index contributed by atoms with van der Waals surface area (Å²) < 4.78 is 0. The summed E-state index contributed by atoms with van der Waals surface area (Å²) in [4.78, 5) is 27.9. The van der Waals surface area contributed by atoms with Crippen molar-refractivity contribution in [3.05, 3.63) is 48.0 Å². The summed E-state index contributed by atoms with van der Waals surface area (Å²) in [7, 11) is 3.51. The lowest BCUT2D eigenvalue weighted by atomic mass is 9.96. The van der Waals surface area contributed by atoms with E-state index in [4.69, 9.17) is 0 Å². The predicted molar refractivity (Wildman–Crippen MR) is 99.2 cm³/mol. The molecule has 2 aromatic rings. The second-order valence-electron chi connectivity index (χ2n) is 6.79. The van der Waals surface area contributed by atoms with Crippen LogP contribution in [0.3, 0.4) is 0 Å². The van der Waals surface area contributed by atoms with Gasteiger partial charge in [-0.05, 0) is 29.2 Å². The Morgan fingerprint density at radius 1 is 1.08 bits per heavy atom. The molecule has 3 amide bonds. The topological polar surface area (TPSA) is 52.7 Å². The first kappa shape index (κ1) is 17.3. The van der Waals surface area contributed by atoms with E-state index in [-0.39, 0.29) is 17.9 Å². The molecule has 1 fully saturated rings. The number of amides is 3. The Balaban J connectivity index is 1.56. The first-order valence-electron chi connectivity index (χ1n) is 8.77. The summed E-state index contributed by atoms with van der Waals surface area (Å²) in [6.07, 6.45) is 1.45. The molecule has 0 spiro atoms. The van der Waals surface area contributed by atoms with Crippen molar-refractivity contribution in [1.82, 2.24) is 15.1 Å². The first-order valence-corrected chi connectivity index (χ1v) is 8.77. The van der Waals surface area contributed by atoms with Crippen LogP contribution >= 0.6 is 0 Å². The first-order chi connectivity index (χ1) is 12.1. The number of likely N-dealkylation sites (tertiary alicyclic amines) is 1. The van der Waals surface area contributed by atoms with E-state index in [1.165, 1.54) is 10.8 Å². The number of benzene rings is 2. The number of carbonyl (C=O) groups is 2. The van der Waals surface area contributed by atoms with E-state index in [9.17, 15) is 9.59 Å². The van der Waals surface area contributed by atoms with E-state index in [2.05, 4.69) is 29.6 Å². The highest BCUT2D eigenvalue weighted by Crippen LogP contribution is 2.20. The van der Waals surface area contributed by atoms with Gasteiger partial charge in [0, 0.05) is 39.6 Å². The molecule has 0 aromatic heterocycles. The molecule has 1 aliphatic rings. The Morgan fingerprint density at radius 3 is 2.48 bits per heavy atom. The summed E-state index contributed by atoms with van der Waals surface area (Å²) in [5.41, 5.74) is 1.13. The van der Waals surface area contributed by atoms with Crippen LogP contribution in [0.15, 0.2) is 42.5 Å². The third-order valence-corrected chi connectivity index (χ3v) is 4.85. The van der Waals surface area contributed by atoms with Crippen LogP contribution in [0.1, 0.15) is 18.4 Å². The van der Waals surface area contributed by atoms with E-state index in [1.54, 1.807) is 19.0 Å². The Hall–Kier alpha value is -2.56. The predicted octanol–water partition coefficient (Wildman–Crippen LogP) is 2.85. The zero-order valence-corrected chi connectivity index (χ0v) is 14.9. The number of piperidine rings is 1. The molecule has 1 saturated heterocycles. The monoisotopic (exact) mass is 339 g/mol. The maximum absolute atomic E-state index is 12.5. The van der Waals surface area contributed by atoms with Crippen LogP contribution in [0.25, 0.3) is 10.8 Å². The van der Waals surface area contributed by atoms with Crippen molar-refractivity contribution in [1.29, 1.82) is 0 Å². The van der Waals surface area contributed by atoms with Crippen LogP contribution in [0.5, 0.6) is 0 Å². The number of hydrogen-bond donors (Lipinski definition) is 1. The Labute approximate surface area is 148 Å². The summed E-state index contributed by atoms with van der Waals surface area (Å²) in [6.45, 7) is 1.82. The van der Waals surface area contributed by atoms with Gasteiger partial charge in [-0.25, -0.2) is 4.79 Å². The van der Waals surface area contributed by atoms with Crippen molar-refractivity contribution < 1.29 is 9.59 Å². The van der Waals surface area contributed by atoms with Crippen molar-refractivity contribution >= 4 is 22.7 Å². The maximum atomic E-state index is 12.5. The normalized spacial score (nSPS) is 15.2. The molecule has 0 aliphatic carbocycles. The molecule has 0 bridgehead atoms. The van der Waals surface area contributed by atoms with Crippen LogP contribution in [0, 0.1) is 5.92 Å². The fraction of sp³-hybridized carbons (Fsp3) is 0.400. The molecule has 0 atom stereocenters. The lowest BCUT2D eigenvalue weighted by molar-refractivity contribution is -0.126. The number of carbonyl (C=O) groups excluding carboxylic acids is 2. The molecule has 25 heavy (non-hydrogen) atoms. The van der Waals surface area contributed by atoms with E-state index in [1.807, 2.05) is 23.1 Å². The molecular weight excluding hydrogens is 314 g/mol. The van der Waals surface area contributed by atoms with Gasteiger partial charge in [0.25, 0.3) is 0 Å². The standard InChI is InChI=1S/C20H25N3O2/c1-22(2)20(25)23-12-10-16(11-13-23)19(24)21-14-17-8-5-7-15-6-3-4-9-18(15)17/h3-9,16H,10-14H2,1-2H3,(H,21,24). The van der Waals surface area contributed by atoms with Gasteiger partial charge < -0.3 is 15.1 Å². The molecule has 1 aliphatic heterocycles. The number of urea groups is 1. The third kappa shape index (κ3) is 3.92. The highest BCUT2D eigenvalue weighted by molar-refractivity contribution is 5.86. The number of nitrogens with one attached hydrogen (secondary N) is 1. The zero-order chi connectivity index (χ0) is 17.8. The summed E-state index contributed by atoms with van der Waals surface area (Å²) in [5.74, 6) is 0.0751. The maximum Gasteiger partial charge on any atom is 0.319 e. The second kappa shape index (κ2) is 7.55. The highest BCUT2D eigenvalue weighted by Gasteiger charge is 2.27. The number of fused-ring (bicyclic) bond motifs is 1. The Kier molecular flexibility index (Phi) is 5.22. The molecule has 5 heteroatoms. The quantitative estimate of drug-likeness (QED) is 0.935. The van der Waals surface area contributed by atoms with E-state index < -0.39 is 0 Å².